The molecule has 6 heteroatoms. The minimum atomic E-state index is -1.06. The fraction of sp³-hybridized carbons (Fsp3) is 0.429. The second-order valence-electron chi connectivity index (χ2n) is 5.56. The maximum absolute atomic E-state index is 12.2. The van der Waals surface area contributed by atoms with Gasteiger partial charge in [0.25, 0.3) is 0 Å². The van der Waals surface area contributed by atoms with E-state index in [4.69, 9.17) is 16.7 Å². The number of aliphatic carboxylic acids is 1. The predicted octanol–water partition coefficient (Wildman–Crippen LogP) is 3.37. The fourth-order valence-electron chi connectivity index (χ4n) is 1.65. The van der Waals surface area contributed by atoms with Crippen molar-refractivity contribution in [1.29, 1.82) is 0 Å². The summed E-state index contributed by atoms with van der Waals surface area (Å²) in [6, 6.07) is 4.75. The Morgan fingerprint density at radius 1 is 1.35 bits per heavy atom. The van der Waals surface area contributed by atoms with E-state index in [0.29, 0.717) is 10.7 Å². The molecule has 110 valence electrons. The van der Waals surface area contributed by atoms with Crippen molar-refractivity contribution in [1.82, 2.24) is 4.90 Å². The number of carbonyl (C=O) groups excluding carboxylic acids is 1. The first-order valence-electron chi connectivity index (χ1n) is 6.18. The number of nitrogens with one attached hydrogen (secondary N) is 1. The highest BCUT2D eigenvalue weighted by molar-refractivity contribution is 6.33. The Kier molecular flexibility index (Phi) is 5.00. The Bertz CT molecular complexity index is 524. The maximum atomic E-state index is 12.2. The molecule has 0 bridgehead atoms. The number of hydrogen-bond acceptors (Lipinski definition) is 2. The molecule has 1 rings (SSSR count). The normalized spacial score (nSPS) is 11.1. The van der Waals surface area contributed by atoms with Crippen LogP contribution in [0.5, 0.6) is 0 Å². The minimum Gasteiger partial charge on any atom is -0.480 e. The first-order valence-corrected chi connectivity index (χ1v) is 6.55. The molecule has 2 N–H and O–H groups in total. The summed E-state index contributed by atoms with van der Waals surface area (Å²) < 4.78 is 0. The average molecular weight is 299 g/mol. The number of anilines is 1. The van der Waals surface area contributed by atoms with Crippen LogP contribution in [0.15, 0.2) is 18.2 Å². The topological polar surface area (TPSA) is 69.6 Å². The number of hydrogen-bond donors (Lipinski definition) is 2. The quantitative estimate of drug-likeness (QED) is 0.899. The number of amides is 2. The molecule has 0 radical (unpaired) electrons. The predicted molar refractivity (Wildman–Crippen MR) is 79.3 cm³/mol. The van der Waals surface area contributed by atoms with Crippen LogP contribution in [0, 0.1) is 6.92 Å². The number of aryl methyl sites for hydroxylation is 1. The van der Waals surface area contributed by atoms with Crippen LogP contribution in [0.2, 0.25) is 5.02 Å². The number of carboxylic acids is 1. The molecule has 1 aromatic rings. The molecule has 0 spiro atoms. The molecular formula is C14H19ClN2O3. The van der Waals surface area contributed by atoms with Gasteiger partial charge < -0.3 is 15.3 Å². The van der Waals surface area contributed by atoms with Gasteiger partial charge in [-0.25, -0.2) is 4.79 Å². The summed E-state index contributed by atoms with van der Waals surface area (Å²) >= 11 is 6.05. The van der Waals surface area contributed by atoms with Crippen molar-refractivity contribution in [3.63, 3.8) is 0 Å². The standard InChI is InChI=1S/C14H19ClN2O3/c1-9-5-6-11(10(15)7-9)16-13(20)17(8-12(18)19)14(2,3)4/h5-7H,8H2,1-4H3,(H,16,20)(H,18,19). The van der Waals surface area contributed by atoms with Gasteiger partial charge in [0.2, 0.25) is 0 Å². The van der Waals surface area contributed by atoms with Crippen LogP contribution < -0.4 is 5.32 Å². The van der Waals surface area contributed by atoms with Crippen molar-refractivity contribution in [3.05, 3.63) is 28.8 Å². The van der Waals surface area contributed by atoms with Crippen LogP contribution in [-0.2, 0) is 4.79 Å². The lowest BCUT2D eigenvalue weighted by Crippen LogP contribution is -2.50. The highest BCUT2D eigenvalue weighted by Gasteiger charge is 2.28. The zero-order chi connectivity index (χ0) is 15.5. The largest absolute Gasteiger partial charge is 0.480 e. The molecule has 0 fully saturated rings. The summed E-state index contributed by atoms with van der Waals surface area (Å²) in [5.74, 6) is -1.06. The number of carboxylic acid groups (broad SMARTS) is 1. The molecule has 0 unspecified atom stereocenters. The first kappa shape index (κ1) is 16.3. The number of rotatable bonds is 3. The molecule has 0 aromatic heterocycles. The number of halogens is 1. The van der Waals surface area contributed by atoms with Gasteiger partial charge in [-0.2, -0.15) is 0 Å². The zero-order valence-electron chi connectivity index (χ0n) is 12.0. The van der Waals surface area contributed by atoms with E-state index in [1.54, 1.807) is 32.9 Å². The number of benzene rings is 1. The fourth-order valence-corrected chi connectivity index (χ4v) is 1.94. The summed E-state index contributed by atoms with van der Waals surface area (Å²) in [5.41, 5.74) is 0.827. The van der Waals surface area contributed by atoms with E-state index < -0.39 is 17.5 Å². The van der Waals surface area contributed by atoms with E-state index in [0.717, 1.165) is 5.56 Å². The van der Waals surface area contributed by atoms with E-state index >= 15 is 0 Å². The number of carbonyl (C=O) groups is 2. The molecule has 2 amide bonds. The van der Waals surface area contributed by atoms with Crippen molar-refractivity contribution in [2.24, 2.45) is 0 Å². The molecule has 0 aliphatic heterocycles. The van der Waals surface area contributed by atoms with E-state index in [-0.39, 0.29) is 6.54 Å². The van der Waals surface area contributed by atoms with E-state index in [9.17, 15) is 9.59 Å². The van der Waals surface area contributed by atoms with Crippen LogP contribution in [0.25, 0.3) is 0 Å². The average Bonchev–Trinajstić information content (AvgIpc) is 2.28. The molecule has 0 atom stereocenters. The van der Waals surface area contributed by atoms with E-state index in [1.165, 1.54) is 4.90 Å². The third-order valence-corrected chi connectivity index (χ3v) is 3.03. The molecule has 0 heterocycles. The summed E-state index contributed by atoms with van der Waals surface area (Å²) in [5, 5.41) is 12.0. The molecule has 1 aromatic carbocycles. The smallest absolute Gasteiger partial charge is 0.323 e. The lowest BCUT2D eigenvalue weighted by Gasteiger charge is -2.34. The van der Waals surface area contributed by atoms with Crippen molar-refractivity contribution >= 4 is 29.3 Å². The zero-order valence-corrected chi connectivity index (χ0v) is 12.8. The Balaban J connectivity index is 2.93. The van der Waals surface area contributed by atoms with Crippen molar-refractivity contribution in [3.8, 4) is 0 Å². The van der Waals surface area contributed by atoms with Crippen molar-refractivity contribution in [2.75, 3.05) is 11.9 Å². The van der Waals surface area contributed by atoms with Gasteiger partial charge in [-0.1, -0.05) is 17.7 Å². The van der Waals surface area contributed by atoms with Crippen LogP contribution in [0.4, 0.5) is 10.5 Å². The Labute approximate surface area is 123 Å². The van der Waals surface area contributed by atoms with E-state index in [2.05, 4.69) is 5.32 Å². The Morgan fingerprint density at radius 3 is 2.40 bits per heavy atom. The molecule has 0 saturated carbocycles. The summed E-state index contributed by atoms with van der Waals surface area (Å²) in [7, 11) is 0. The molecular weight excluding hydrogens is 280 g/mol. The summed E-state index contributed by atoms with van der Waals surface area (Å²) in [4.78, 5) is 24.3. The maximum Gasteiger partial charge on any atom is 0.323 e. The summed E-state index contributed by atoms with van der Waals surface area (Å²) in [6.45, 7) is 6.83. The summed E-state index contributed by atoms with van der Waals surface area (Å²) in [6.07, 6.45) is 0. The van der Waals surface area contributed by atoms with Gasteiger partial charge in [0.15, 0.2) is 0 Å². The van der Waals surface area contributed by atoms with Crippen molar-refractivity contribution < 1.29 is 14.7 Å². The lowest BCUT2D eigenvalue weighted by atomic mass is 10.1. The second-order valence-corrected chi connectivity index (χ2v) is 5.97. The van der Waals surface area contributed by atoms with Gasteiger partial charge in [0, 0.05) is 5.54 Å². The van der Waals surface area contributed by atoms with Crippen LogP contribution in [-0.4, -0.2) is 34.1 Å². The van der Waals surface area contributed by atoms with E-state index in [1.807, 2.05) is 13.0 Å². The lowest BCUT2D eigenvalue weighted by molar-refractivity contribution is -0.138. The highest BCUT2D eigenvalue weighted by Crippen LogP contribution is 2.24. The number of nitrogens with zero attached hydrogens (tertiary/aromatic N) is 1. The SMILES string of the molecule is Cc1ccc(NC(=O)N(CC(=O)O)C(C)(C)C)c(Cl)c1. The number of urea groups is 1. The molecule has 0 saturated heterocycles. The van der Waals surface area contributed by atoms with Crippen LogP contribution in [0.3, 0.4) is 0 Å². The van der Waals surface area contributed by atoms with Crippen LogP contribution in [0.1, 0.15) is 26.3 Å². The molecule has 0 aliphatic carbocycles. The van der Waals surface area contributed by atoms with Gasteiger partial charge in [0.1, 0.15) is 6.54 Å². The molecule has 5 nitrogen and oxygen atoms in total. The third-order valence-electron chi connectivity index (χ3n) is 2.71. The Hall–Kier alpha value is -1.75. The van der Waals surface area contributed by atoms with Crippen LogP contribution >= 0.6 is 11.6 Å². The first-order chi connectivity index (χ1) is 9.11. The second kappa shape index (κ2) is 6.13. The van der Waals surface area contributed by atoms with Gasteiger partial charge in [-0.3, -0.25) is 4.79 Å². The van der Waals surface area contributed by atoms with Gasteiger partial charge in [-0.05, 0) is 45.4 Å². The van der Waals surface area contributed by atoms with Gasteiger partial charge in [0.05, 0.1) is 10.7 Å². The monoisotopic (exact) mass is 298 g/mol. The third kappa shape index (κ3) is 4.42. The minimum absolute atomic E-state index is 0.376. The van der Waals surface area contributed by atoms with Gasteiger partial charge >= 0.3 is 12.0 Å². The van der Waals surface area contributed by atoms with Gasteiger partial charge in [-0.15, -0.1) is 0 Å². The Morgan fingerprint density at radius 2 is 1.95 bits per heavy atom. The highest BCUT2D eigenvalue weighted by atomic mass is 35.5. The van der Waals surface area contributed by atoms with Crippen molar-refractivity contribution in [2.45, 2.75) is 33.2 Å². The molecule has 0 aliphatic rings. The molecule has 20 heavy (non-hydrogen) atoms.